The third kappa shape index (κ3) is 3.14. The summed E-state index contributed by atoms with van der Waals surface area (Å²) in [4.78, 5) is 7.41. The van der Waals surface area contributed by atoms with Gasteiger partial charge in [-0.1, -0.05) is 23.2 Å². The summed E-state index contributed by atoms with van der Waals surface area (Å²) in [5.74, 6) is 1.14. The fraction of sp³-hybridized carbons (Fsp3) is 0.357. The Hall–Kier alpha value is -1.10. The fourth-order valence-corrected chi connectivity index (χ4v) is 2.52. The zero-order valence-electron chi connectivity index (χ0n) is 10.7. The molecule has 0 aliphatic heterocycles. The molecule has 1 aromatic heterocycles. The van der Waals surface area contributed by atoms with Crippen LogP contribution in [0.4, 0.5) is 4.39 Å². The van der Waals surface area contributed by atoms with Crippen LogP contribution in [0.15, 0.2) is 18.3 Å². The van der Waals surface area contributed by atoms with Gasteiger partial charge >= 0.3 is 0 Å². The van der Waals surface area contributed by atoms with E-state index in [1.807, 2.05) is 0 Å². The number of rotatable bonds is 5. The van der Waals surface area contributed by atoms with Crippen molar-refractivity contribution in [3.8, 4) is 11.3 Å². The molecule has 6 heteroatoms. The highest BCUT2D eigenvalue weighted by Crippen LogP contribution is 2.31. The standard InChI is InChI=1S/C14H14Cl2FN3/c15-10-4-11(16)12(17)3-9(10)13-6-19-14(20-13)7-18-5-8-1-2-8/h3-4,6,8,18H,1-2,5,7H2,(H,19,20). The lowest BCUT2D eigenvalue weighted by Gasteiger charge is -2.04. The Morgan fingerprint density at radius 1 is 1.30 bits per heavy atom. The number of aromatic nitrogens is 2. The van der Waals surface area contributed by atoms with Crippen molar-refractivity contribution in [2.24, 2.45) is 5.92 Å². The van der Waals surface area contributed by atoms with Crippen LogP contribution in [0.1, 0.15) is 18.7 Å². The van der Waals surface area contributed by atoms with Crippen LogP contribution in [0.25, 0.3) is 11.3 Å². The molecular weight excluding hydrogens is 300 g/mol. The van der Waals surface area contributed by atoms with E-state index >= 15 is 0 Å². The molecule has 0 amide bonds. The van der Waals surface area contributed by atoms with Gasteiger partial charge in [-0.25, -0.2) is 9.37 Å². The lowest BCUT2D eigenvalue weighted by molar-refractivity contribution is 0.623. The minimum atomic E-state index is -0.492. The molecule has 1 aromatic carbocycles. The van der Waals surface area contributed by atoms with Crippen molar-refractivity contribution in [1.29, 1.82) is 0 Å². The molecule has 0 saturated heterocycles. The Labute approximate surface area is 126 Å². The molecule has 1 heterocycles. The van der Waals surface area contributed by atoms with E-state index in [0.29, 0.717) is 22.8 Å². The Bertz CT molecular complexity index is 623. The van der Waals surface area contributed by atoms with Gasteiger partial charge in [0.2, 0.25) is 0 Å². The first-order valence-corrected chi connectivity index (χ1v) is 7.28. The van der Waals surface area contributed by atoms with Crippen molar-refractivity contribution in [2.45, 2.75) is 19.4 Å². The van der Waals surface area contributed by atoms with Crippen molar-refractivity contribution < 1.29 is 4.39 Å². The van der Waals surface area contributed by atoms with Gasteiger partial charge in [0.05, 0.1) is 28.5 Å². The predicted molar refractivity (Wildman–Crippen MR) is 78.4 cm³/mol. The maximum absolute atomic E-state index is 13.5. The molecule has 3 rings (SSSR count). The molecule has 1 saturated carbocycles. The zero-order chi connectivity index (χ0) is 14.1. The normalized spacial score (nSPS) is 14.8. The summed E-state index contributed by atoms with van der Waals surface area (Å²) >= 11 is 11.8. The molecule has 1 aliphatic carbocycles. The van der Waals surface area contributed by atoms with Crippen LogP contribution < -0.4 is 5.32 Å². The highest BCUT2D eigenvalue weighted by molar-refractivity contribution is 6.36. The number of H-pyrrole nitrogens is 1. The molecule has 106 valence electrons. The average molecular weight is 314 g/mol. The summed E-state index contributed by atoms with van der Waals surface area (Å²) in [5.41, 5.74) is 1.25. The van der Waals surface area contributed by atoms with Crippen LogP contribution in [-0.4, -0.2) is 16.5 Å². The van der Waals surface area contributed by atoms with Crippen LogP contribution in [0.2, 0.25) is 10.0 Å². The average Bonchev–Trinajstić information content (AvgIpc) is 3.11. The van der Waals surface area contributed by atoms with E-state index in [0.717, 1.165) is 18.3 Å². The topological polar surface area (TPSA) is 40.7 Å². The summed E-state index contributed by atoms with van der Waals surface area (Å²) in [6, 6.07) is 2.72. The number of hydrogen-bond acceptors (Lipinski definition) is 2. The van der Waals surface area contributed by atoms with E-state index in [1.54, 1.807) is 6.20 Å². The van der Waals surface area contributed by atoms with Gasteiger partial charge in [-0.2, -0.15) is 0 Å². The maximum atomic E-state index is 13.5. The molecule has 0 radical (unpaired) electrons. The van der Waals surface area contributed by atoms with Crippen LogP contribution >= 0.6 is 23.2 Å². The SMILES string of the molecule is Fc1cc(-c2cnc(CNCC3CC3)[nH]2)c(Cl)cc1Cl. The minimum absolute atomic E-state index is 0.0181. The van der Waals surface area contributed by atoms with Crippen molar-refractivity contribution in [1.82, 2.24) is 15.3 Å². The van der Waals surface area contributed by atoms with Gasteiger partial charge in [-0.15, -0.1) is 0 Å². The van der Waals surface area contributed by atoms with Crippen molar-refractivity contribution in [3.05, 3.63) is 40.0 Å². The van der Waals surface area contributed by atoms with E-state index in [1.165, 1.54) is 25.0 Å². The Kier molecular flexibility index (Phi) is 3.96. The number of halogens is 3. The summed E-state index contributed by atoms with van der Waals surface area (Å²) in [7, 11) is 0. The van der Waals surface area contributed by atoms with Gasteiger partial charge in [0, 0.05) is 5.56 Å². The van der Waals surface area contributed by atoms with Gasteiger partial charge in [0.1, 0.15) is 11.6 Å². The molecule has 1 fully saturated rings. The highest BCUT2D eigenvalue weighted by Gasteiger charge is 2.20. The molecule has 0 bridgehead atoms. The molecular formula is C14H14Cl2FN3. The second-order valence-corrected chi connectivity index (χ2v) is 5.88. The number of imidazole rings is 1. The van der Waals surface area contributed by atoms with Crippen LogP contribution in [-0.2, 0) is 6.54 Å². The number of aromatic amines is 1. The number of nitrogens with zero attached hydrogens (tertiary/aromatic N) is 1. The highest BCUT2D eigenvalue weighted by atomic mass is 35.5. The second-order valence-electron chi connectivity index (χ2n) is 5.06. The summed E-state index contributed by atoms with van der Waals surface area (Å²) < 4.78 is 13.5. The van der Waals surface area contributed by atoms with E-state index in [-0.39, 0.29) is 5.02 Å². The van der Waals surface area contributed by atoms with E-state index in [9.17, 15) is 4.39 Å². The lowest BCUT2D eigenvalue weighted by atomic mass is 10.1. The van der Waals surface area contributed by atoms with Crippen molar-refractivity contribution in [3.63, 3.8) is 0 Å². The van der Waals surface area contributed by atoms with Crippen molar-refractivity contribution >= 4 is 23.2 Å². The van der Waals surface area contributed by atoms with Crippen LogP contribution in [0.5, 0.6) is 0 Å². The van der Waals surface area contributed by atoms with E-state index < -0.39 is 5.82 Å². The summed E-state index contributed by atoms with van der Waals surface area (Å²) in [5, 5.41) is 3.76. The third-order valence-electron chi connectivity index (χ3n) is 3.35. The van der Waals surface area contributed by atoms with Gasteiger partial charge in [0.15, 0.2) is 0 Å². The minimum Gasteiger partial charge on any atom is -0.341 e. The number of benzene rings is 1. The first kappa shape index (κ1) is 13.9. The molecule has 3 nitrogen and oxygen atoms in total. The van der Waals surface area contributed by atoms with E-state index in [2.05, 4.69) is 15.3 Å². The zero-order valence-corrected chi connectivity index (χ0v) is 12.2. The molecule has 0 atom stereocenters. The Morgan fingerprint density at radius 3 is 2.85 bits per heavy atom. The third-order valence-corrected chi connectivity index (χ3v) is 3.95. The van der Waals surface area contributed by atoms with Gasteiger partial charge < -0.3 is 10.3 Å². The monoisotopic (exact) mass is 313 g/mol. The first-order valence-electron chi connectivity index (χ1n) is 6.53. The number of hydrogen-bond donors (Lipinski definition) is 2. The molecule has 20 heavy (non-hydrogen) atoms. The summed E-state index contributed by atoms with van der Waals surface area (Å²) in [6.07, 6.45) is 4.29. The number of nitrogens with one attached hydrogen (secondary N) is 2. The summed E-state index contributed by atoms with van der Waals surface area (Å²) in [6.45, 7) is 1.69. The van der Waals surface area contributed by atoms with Gasteiger partial charge in [0.25, 0.3) is 0 Å². The fourth-order valence-electron chi connectivity index (χ4n) is 2.03. The van der Waals surface area contributed by atoms with Crippen molar-refractivity contribution in [2.75, 3.05) is 6.54 Å². The smallest absolute Gasteiger partial charge is 0.142 e. The largest absolute Gasteiger partial charge is 0.341 e. The Morgan fingerprint density at radius 2 is 2.10 bits per heavy atom. The lowest BCUT2D eigenvalue weighted by Crippen LogP contribution is -2.16. The van der Waals surface area contributed by atoms with Crippen LogP contribution in [0, 0.1) is 11.7 Å². The maximum Gasteiger partial charge on any atom is 0.142 e. The first-order chi connectivity index (χ1) is 9.63. The second kappa shape index (κ2) is 5.72. The molecule has 0 spiro atoms. The van der Waals surface area contributed by atoms with Gasteiger partial charge in [-0.05, 0) is 37.4 Å². The van der Waals surface area contributed by atoms with E-state index in [4.69, 9.17) is 23.2 Å². The predicted octanol–water partition coefficient (Wildman–Crippen LogP) is 4.02. The molecule has 2 N–H and O–H groups in total. The van der Waals surface area contributed by atoms with Crippen LogP contribution in [0.3, 0.4) is 0 Å². The Balaban J connectivity index is 1.73. The molecule has 1 aliphatic rings. The molecule has 2 aromatic rings. The quantitative estimate of drug-likeness (QED) is 0.818. The van der Waals surface area contributed by atoms with Gasteiger partial charge in [-0.3, -0.25) is 0 Å². The molecule has 0 unspecified atom stereocenters.